The van der Waals surface area contributed by atoms with Crippen LogP contribution in [-0.4, -0.2) is 73.7 Å². The number of nitrogens with zero attached hydrogens (tertiary/aromatic N) is 2. The zero-order valence-corrected chi connectivity index (χ0v) is 14.3. The Hall–Kier alpha value is -0.650. The number of esters is 1. The predicted octanol–water partition coefficient (Wildman–Crippen LogP) is 1.34. The first-order chi connectivity index (χ1) is 10.1. The lowest BCUT2D eigenvalue weighted by molar-refractivity contribution is -0.151. The van der Waals surface area contributed by atoms with Gasteiger partial charge in [-0.3, -0.25) is 9.69 Å². The molecule has 0 radical (unpaired) electrons. The fraction of sp³-hybridized carbons (Fsp3) is 0.938. The molecule has 1 rings (SSSR count). The van der Waals surface area contributed by atoms with E-state index < -0.39 is 5.54 Å². The molecule has 0 aliphatic carbocycles. The van der Waals surface area contributed by atoms with Crippen molar-refractivity contribution in [1.29, 1.82) is 0 Å². The monoisotopic (exact) mass is 299 g/mol. The Balaban J connectivity index is 2.54. The first kappa shape index (κ1) is 18.4. The van der Waals surface area contributed by atoms with Crippen LogP contribution in [0.25, 0.3) is 0 Å². The lowest BCUT2D eigenvalue weighted by Crippen LogP contribution is -2.60. The summed E-state index contributed by atoms with van der Waals surface area (Å²) in [5, 5.41) is 3.38. The summed E-state index contributed by atoms with van der Waals surface area (Å²) in [4.78, 5) is 17.2. The molecule has 1 unspecified atom stereocenters. The van der Waals surface area contributed by atoms with Gasteiger partial charge in [-0.2, -0.15) is 0 Å². The van der Waals surface area contributed by atoms with Gasteiger partial charge in [0.1, 0.15) is 5.54 Å². The van der Waals surface area contributed by atoms with Gasteiger partial charge in [0.05, 0.1) is 6.61 Å². The van der Waals surface area contributed by atoms with E-state index >= 15 is 0 Å². The van der Waals surface area contributed by atoms with Crippen molar-refractivity contribution < 1.29 is 9.53 Å². The third kappa shape index (κ3) is 5.93. The average Bonchev–Trinajstić information content (AvgIpc) is 2.48. The molecule has 0 aromatic heterocycles. The van der Waals surface area contributed by atoms with E-state index in [1.54, 1.807) is 0 Å². The molecule has 0 aromatic carbocycles. The second-order valence-electron chi connectivity index (χ2n) is 6.10. The summed E-state index contributed by atoms with van der Waals surface area (Å²) in [6.07, 6.45) is 2.22. The van der Waals surface area contributed by atoms with Crippen molar-refractivity contribution in [3.05, 3.63) is 0 Å². The van der Waals surface area contributed by atoms with Gasteiger partial charge in [-0.1, -0.05) is 13.8 Å². The van der Waals surface area contributed by atoms with E-state index in [9.17, 15) is 4.79 Å². The summed E-state index contributed by atoms with van der Waals surface area (Å²) in [7, 11) is 0. The van der Waals surface area contributed by atoms with Crippen LogP contribution < -0.4 is 5.32 Å². The van der Waals surface area contributed by atoms with Crippen LogP contribution in [0.2, 0.25) is 0 Å². The Morgan fingerprint density at radius 1 is 1.10 bits per heavy atom. The van der Waals surface area contributed by atoms with Crippen LogP contribution in [0, 0.1) is 0 Å². The number of piperazine rings is 1. The van der Waals surface area contributed by atoms with Crippen molar-refractivity contribution in [2.24, 2.45) is 0 Å². The van der Waals surface area contributed by atoms with Gasteiger partial charge in [-0.15, -0.1) is 0 Å². The number of hydrogen-bond donors (Lipinski definition) is 1. The molecular weight excluding hydrogens is 266 g/mol. The van der Waals surface area contributed by atoms with Crippen LogP contribution in [0.3, 0.4) is 0 Å². The fourth-order valence-corrected chi connectivity index (χ4v) is 2.82. The number of ether oxygens (including phenoxy) is 1. The molecule has 1 aliphatic heterocycles. The minimum Gasteiger partial charge on any atom is -0.465 e. The molecule has 1 heterocycles. The SMILES string of the molecule is CCCNC(C)(CN1CCN(CCC)CC1)C(=O)OCC. The molecule has 1 atom stereocenters. The number of carbonyl (C=O) groups is 1. The van der Waals surface area contributed by atoms with E-state index in [2.05, 4.69) is 29.0 Å². The Labute approximate surface area is 130 Å². The molecule has 1 N–H and O–H groups in total. The minimum absolute atomic E-state index is 0.130. The molecule has 0 aromatic rings. The summed E-state index contributed by atoms with van der Waals surface area (Å²) in [6.45, 7) is 15.6. The van der Waals surface area contributed by atoms with Gasteiger partial charge < -0.3 is 15.0 Å². The maximum atomic E-state index is 12.3. The summed E-state index contributed by atoms with van der Waals surface area (Å²) in [6, 6.07) is 0. The fourth-order valence-electron chi connectivity index (χ4n) is 2.82. The predicted molar refractivity (Wildman–Crippen MR) is 86.5 cm³/mol. The number of hydrogen-bond acceptors (Lipinski definition) is 5. The van der Waals surface area contributed by atoms with Crippen LogP contribution >= 0.6 is 0 Å². The van der Waals surface area contributed by atoms with Gasteiger partial charge in [-0.25, -0.2) is 0 Å². The highest BCUT2D eigenvalue weighted by Crippen LogP contribution is 2.12. The van der Waals surface area contributed by atoms with Gasteiger partial charge in [-0.05, 0) is 39.8 Å². The van der Waals surface area contributed by atoms with E-state index in [1.165, 1.54) is 13.0 Å². The Morgan fingerprint density at radius 2 is 1.71 bits per heavy atom. The number of rotatable bonds is 9. The Kier molecular flexibility index (Phi) is 8.22. The maximum absolute atomic E-state index is 12.3. The van der Waals surface area contributed by atoms with Crippen molar-refractivity contribution >= 4 is 5.97 Å². The van der Waals surface area contributed by atoms with Crippen molar-refractivity contribution in [3.63, 3.8) is 0 Å². The van der Waals surface area contributed by atoms with Crippen molar-refractivity contribution in [3.8, 4) is 0 Å². The summed E-state index contributed by atoms with van der Waals surface area (Å²) < 4.78 is 5.27. The minimum atomic E-state index is -0.598. The Bertz CT molecular complexity index is 304. The largest absolute Gasteiger partial charge is 0.465 e. The quantitative estimate of drug-likeness (QED) is 0.651. The summed E-state index contributed by atoms with van der Waals surface area (Å²) >= 11 is 0. The van der Waals surface area contributed by atoms with E-state index in [1.807, 2.05) is 13.8 Å². The van der Waals surface area contributed by atoms with Crippen molar-refractivity contribution in [2.75, 3.05) is 52.4 Å². The van der Waals surface area contributed by atoms with Gasteiger partial charge in [0.2, 0.25) is 0 Å². The molecule has 1 saturated heterocycles. The van der Waals surface area contributed by atoms with Gasteiger partial charge >= 0.3 is 5.97 Å². The zero-order valence-electron chi connectivity index (χ0n) is 14.3. The average molecular weight is 299 g/mol. The topological polar surface area (TPSA) is 44.8 Å². The maximum Gasteiger partial charge on any atom is 0.327 e. The molecule has 5 heteroatoms. The molecule has 1 fully saturated rings. The van der Waals surface area contributed by atoms with Crippen LogP contribution in [0.1, 0.15) is 40.5 Å². The zero-order chi connectivity index (χ0) is 15.7. The second kappa shape index (κ2) is 9.38. The van der Waals surface area contributed by atoms with E-state index in [0.717, 1.165) is 45.7 Å². The third-order valence-electron chi connectivity index (χ3n) is 4.04. The molecule has 5 nitrogen and oxygen atoms in total. The highest BCUT2D eigenvalue weighted by molar-refractivity contribution is 5.80. The van der Waals surface area contributed by atoms with Crippen LogP contribution in [-0.2, 0) is 9.53 Å². The molecule has 0 spiro atoms. The van der Waals surface area contributed by atoms with Crippen molar-refractivity contribution in [1.82, 2.24) is 15.1 Å². The lowest BCUT2D eigenvalue weighted by atomic mass is 10.0. The Morgan fingerprint density at radius 3 is 2.24 bits per heavy atom. The van der Waals surface area contributed by atoms with Crippen LogP contribution in [0.15, 0.2) is 0 Å². The molecule has 1 aliphatic rings. The standard InChI is InChI=1S/C16H33N3O2/c1-5-8-17-16(4,15(20)21-7-3)14-19-12-10-18(9-6-2)11-13-19/h17H,5-14H2,1-4H3. The molecule has 0 saturated carbocycles. The lowest BCUT2D eigenvalue weighted by Gasteiger charge is -2.39. The highest BCUT2D eigenvalue weighted by atomic mass is 16.5. The second-order valence-corrected chi connectivity index (χ2v) is 6.10. The third-order valence-corrected chi connectivity index (χ3v) is 4.04. The van der Waals surface area contributed by atoms with Crippen molar-refractivity contribution in [2.45, 2.75) is 46.1 Å². The summed E-state index contributed by atoms with van der Waals surface area (Å²) in [5.74, 6) is -0.130. The van der Waals surface area contributed by atoms with E-state index in [-0.39, 0.29) is 5.97 Å². The first-order valence-electron chi connectivity index (χ1n) is 8.42. The first-order valence-corrected chi connectivity index (χ1v) is 8.42. The molecule has 0 amide bonds. The van der Waals surface area contributed by atoms with E-state index in [0.29, 0.717) is 6.61 Å². The molecule has 0 bridgehead atoms. The number of nitrogens with one attached hydrogen (secondary N) is 1. The van der Waals surface area contributed by atoms with Gasteiger partial charge in [0.15, 0.2) is 0 Å². The molecule has 124 valence electrons. The highest BCUT2D eigenvalue weighted by Gasteiger charge is 2.36. The molecular formula is C16H33N3O2. The number of carbonyl (C=O) groups excluding carboxylic acids is 1. The van der Waals surface area contributed by atoms with Gasteiger partial charge in [0, 0.05) is 32.7 Å². The van der Waals surface area contributed by atoms with Crippen LogP contribution in [0.5, 0.6) is 0 Å². The molecule has 21 heavy (non-hydrogen) atoms. The summed E-state index contributed by atoms with van der Waals surface area (Å²) in [5.41, 5.74) is -0.598. The normalized spacial score (nSPS) is 20.2. The van der Waals surface area contributed by atoms with E-state index in [4.69, 9.17) is 4.74 Å². The smallest absolute Gasteiger partial charge is 0.327 e. The van der Waals surface area contributed by atoms with Crippen LogP contribution in [0.4, 0.5) is 0 Å². The van der Waals surface area contributed by atoms with Gasteiger partial charge in [0.25, 0.3) is 0 Å².